The molecule has 9 heteroatoms. The van der Waals surface area contributed by atoms with Gasteiger partial charge in [-0.15, -0.1) is 0 Å². The fourth-order valence-corrected chi connectivity index (χ4v) is 2.85. The monoisotopic (exact) mass is 421 g/mol. The second-order valence-electron chi connectivity index (χ2n) is 6.88. The highest BCUT2D eigenvalue weighted by atomic mass is 19.4. The van der Waals surface area contributed by atoms with Crippen LogP contribution in [0, 0.1) is 11.7 Å². The average Bonchev–Trinajstić information content (AvgIpc) is 3.20. The molecule has 2 aromatic carbocycles. The first-order valence-electron chi connectivity index (χ1n) is 9.26. The van der Waals surface area contributed by atoms with E-state index in [1.807, 2.05) is 13.8 Å². The average molecular weight is 421 g/mol. The SMILES string of the molecule is CC[C@H](C)[C@H](NC(=O)c1cccc(F)c1)c1nc(-c2cccc(C(F)(F)F)c2)no1. The number of nitrogens with zero attached hydrogens (tertiary/aromatic N) is 2. The number of rotatable bonds is 6. The third-order valence-electron chi connectivity index (χ3n) is 4.74. The number of hydrogen-bond donors (Lipinski definition) is 1. The summed E-state index contributed by atoms with van der Waals surface area (Å²) in [5, 5.41) is 6.52. The molecule has 0 aliphatic heterocycles. The van der Waals surface area contributed by atoms with E-state index < -0.39 is 29.5 Å². The van der Waals surface area contributed by atoms with Crippen molar-refractivity contribution in [1.82, 2.24) is 15.5 Å². The van der Waals surface area contributed by atoms with Crippen LogP contribution in [0.2, 0.25) is 0 Å². The molecule has 0 saturated carbocycles. The summed E-state index contributed by atoms with van der Waals surface area (Å²) in [7, 11) is 0. The predicted octanol–water partition coefficient (Wildman–Crippen LogP) is 5.41. The summed E-state index contributed by atoms with van der Waals surface area (Å²) in [4.78, 5) is 16.7. The maximum atomic E-state index is 13.4. The molecule has 30 heavy (non-hydrogen) atoms. The van der Waals surface area contributed by atoms with Crippen LogP contribution >= 0.6 is 0 Å². The molecule has 0 spiro atoms. The lowest BCUT2D eigenvalue weighted by atomic mass is 9.98. The van der Waals surface area contributed by atoms with E-state index in [2.05, 4.69) is 15.5 Å². The van der Waals surface area contributed by atoms with Crippen molar-refractivity contribution in [3.05, 3.63) is 71.4 Å². The first kappa shape index (κ1) is 21.5. The topological polar surface area (TPSA) is 68.0 Å². The van der Waals surface area contributed by atoms with Crippen molar-refractivity contribution in [3.63, 3.8) is 0 Å². The van der Waals surface area contributed by atoms with Crippen LogP contribution in [0.1, 0.15) is 48.1 Å². The number of halogens is 4. The summed E-state index contributed by atoms with van der Waals surface area (Å²) < 4.78 is 57.6. The molecule has 1 aromatic heterocycles. The van der Waals surface area contributed by atoms with Gasteiger partial charge in [0.1, 0.15) is 11.9 Å². The van der Waals surface area contributed by atoms with Crippen LogP contribution in [0.15, 0.2) is 53.1 Å². The Balaban J connectivity index is 1.88. The van der Waals surface area contributed by atoms with Crippen molar-refractivity contribution < 1.29 is 26.9 Å². The van der Waals surface area contributed by atoms with Crippen molar-refractivity contribution in [2.45, 2.75) is 32.5 Å². The number of carbonyl (C=O) groups excluding carboxylic acids is 1. The molecule has 0 radical (unpaired) electrons. The molecule has 0 bridgehead atoms. The first-order valence-corrected chi connectivity index (χ1v) is 9.26. The maximum absolute atomic E-state index is 13.4. The number of alkyl halides is 3. The Hall–Kier alpha value is -3.23. The van der Waals surface area contributed by atoms with Crippen molar-refractivity contribution in [3.8, 4) is 11.4 Å². The van der Waals surface area contributed by atoms with Gasteiger partial charge in [0.2, 0.25) is 11.7 Å². The molecule has 3 rings (SSSR count). The van der Waals surface area contributed by atoms with Gasteiger partial charge in [0.15, 0.2) is 0 Å². The van der Waals surface area contributed by atoms with Gasteiger partial charge in [-0.3, -0.25) is 4.79 Å². The van der Waals surface area contributed by atoms with Gasteiger partial charge in [0, 0.05) is 11.1 Å². The lowest BCUT2D eigenvalue weighted by molar-refractivity contribution is -0.137. The van der Waals surface area contributed by atoms with Gasteiger partial charge in [-0.2, -0.15) is 18.2 Å². The Morgan fingerprint density at radius 3 is 2.57 bits per heavy atom. The van der Waals surface area contributed by atoms with E-state index in [9.17, 15) is 22.4 Å². The smallest absolute Gasteiger partial charge is 0.340 e. The van der Waals surface area contributed by atoms with Crippen LogP contribution in [0.3, 0.4) is 0 Å². The largest absolute Gasteiger partial charge is 0.416 e. The highest BCUT2D eigenvalue weighted by Gasteiger charge is 2.31. The lowest BCUT2D eigenvalue weighted by Crippen LogP contribution is -2.32. The predicted molar refractivity (Wildman–Crippen MR) is 101 cm³/mol. The summed E-state index contributed by atoms with van der Waals surface area (Å²) in [5.74, 6) is -1.17. The Bertz CT molecular complexity index is 1030. The Morgan fingerprint density at radius 2 is 1.90 bits per heavy atom. The van der Waals surface area contributed by atoms with E-state index in [4.69, 9.17) is 4.52 Å². The number of aromatic nitrogens is 2. The summed E-state index contributed by atoms with van der Waals surface area (Å²) >= 11 is 0. The zero-order chi connectivity index (χ0) is 21.9. The zero-order valence-electron chi connectivity index (χ0n) is 16.2. The van der Waals surface area contributed by atoms with E-state index in [0.717, 1.165) is 18.2 Å². The number of nitrogens with one attached hydrogen (secondary N) is 1. The standard InChI is InChI=1S/C21H19F4N3O2/c1-3-12(2)17(26-19(29)14-7-5-9-16(22)11-14)20-27-18(28-30-20)13-6-4-8-15(10-13)21(23,24)25/h4-12,17H,3H2,1-2H3,(H,26,29)/t12-,17-/m0/s1. The Labute approximate surface area is 170 Å². The highest BCUT2D eigenvalue weighted by molar-refractivity contribution is 5.94. The molecule has 5 nitrogen and oxygen atoms in total. The number of hydrogen-bond acceptors (Lipinski definition) is 4. The molecule has 1 N–H and O–H groups in total. The fraction of sp³-hybridized carbons (Fsp3) is 0.286. The first-order chi connectivity index (χ1) is 14.2. The van der Waals surface area contributed by atoms with Crippen LogP contribution in [0.4, 0.5) is 17.6 Å². The molecular formula is C21H19F4N3O2. The maximum Gasteiger partial charge on any atom is 0.416 e. The van der Waals surface area contributed by atoms with Crippen molar-refractivity contribution in [2.75, 3.05) is 0 Å². The van der Waals surface area contributed by atoms with Gasteiger partial charge in [-0.1, -0.05) is 43.6 Å². The quantitative estimate of drug-likeness (QED) is 0.541. The minimum atomic E-state index is -4.50. The molecule has 2 atom stereocenters. The van der Waals surface area contributed by atoms with Gasteiger partial charge in [0.05, 0.1) is 5.56 Å². The molecular weight excluding hydrogens is 402 g/mol. The van der Waals surface area contributed by atoms with Gasteiger partial charge in [0.25, 0.3) is 5.91 Å². The summed E-state index contributed by atoms with van der Waals surface area (Å²) in [5.41, 5.74) is -0.565. The minimum absolute atomic E-state index is 0.0237. The van der Waals surface area contributed by atoms with E-state index in [-0.39, 0.29) is 28.8 Å². The van der Waals surface area contributed by atoms with Crippen molar-refractivity contribution in [2.24, 2.45) is 5.92 Å². The molecule has 0 saturated heterocycles. The van der Waals surface area contributed by atoms with Gasteiger partial charge in [-0.05, 0) is 36.2 Å². The molecule has 0 aliphatic rings. The van der Waals surface area contributed by atoms with Crippen molar-refractivity contribution in [1.29, 1.82) is 0 Å². The minimum Gasteiger partial charge on any atom is -0.340 e. The van der Waals surface area contributed by atoms with E-state index in [1.165, 1.54) is 30.3 Å². The third kappa shape index (κ3) is 4.84. The van der Waals surface area contributed by atoms with Gasteiger partial charge >= 0.3 is 6.18 Å². The fourth-order valence-electron chi connectivity index (χ4n) is 2.85. The van der Waals surface area contributed by atoms with Crippen LogP contribution in [-0.2, 0) is 6.18 Å². The van der Waals surface area contributed by atoms with E-state index in [0.29, 0.717) is 6.42 Å². The van der Waals surface area contributed by atoms with Crippen LogP contribution in [0.5, 0.6) is 0 Å². The van der Waals surface area contributed by atoms with Gasteiger partial charge in [-0.25, -0.2) is 4.39 Å². The number of amides is 1. The second-order valence-corrected chi connectivity index (χ2v) is 6.88. The van der Waals surface area contributed by atoms with Crippen LogP contribution in [-0.4, -0.2) is 16.0 Å². The van der Waals surface area contributed by atoms with Crippen LogP contribution in [0.25, 0.3) is 11.4 Å². The number of carbonyl (C=O) groups is 1. The van der Waals surface area contributed by atoms with Crippen LogP contribution < -0.4 is 5.32 Å². The van der Waals surface area contributed by atoms with Crippen molar-refractivity contribution >= 4 is 5.91 Å². The molecule has 0 unspecified atom stereocenters. The van der Waals surface area contributed by atoms with Gasteiger partial charge < -0.3 is 9.84 Å². The summed E-state index contributed by atoms with van der Waals surface area (Å²) in [6.45, 7) is 3.75. The second kappa shape index (κ2) is 8.64. The zero-order valence-corrected chi connectivity index (χ0v) is 16.2. The number of benzene rings is 2. The van der Waals surface area contributed by atoms with E-state index in [1.54, 1.807) is 0 Å². The molecule has 3 aromatic rings. The highest BCUT2D eigenvalue weighted by Crippen LogP contribution is 2.32. The molecule has 1 amide bonds. The normalized spacial score (nSPS) is 13.7. The molecule has 158 valence electrons. The summed E-state index contributed by atoms with van der Waals surface area (Å²) in [6, 6.07) is 9.09. The molecule has 1 heterocycles. The molecule has 0 fully saturated rings. The molecule has 0 aliphatic carbocycles. The third-order valence-corrected chi connectivity index (χ3v) is 4.74. The Morgan fingerprint density at radius 1 is 1.17 bits per heavy atom. The Kier molecular flexibility index (Phi) is 6.19. The lowest BCUT2D eigenvalue weighted by Gasteiger charge is -2.20. The van der Waals surface area contributed by atoms with E-state index >= 15 is 0 Å². The summed E-state index contributed by atoms with van der Waals surface area (Å²) in [6.07, 6.45) is -3.85.